The molecule has 0 radical (unpaired) electrons. The lowest BCUT2D eigenvalue weighted by Crippen LogP contribution is -2.04. The highest BCUT2D eigenvalue weighted by atomic mass is 35.5. The van der Waals surface area contributed by atoms with E-state index in [-0.39, 0.29) is 6.04 Å². The fourth-order valence-corrected chi connectivity index (χ4v) is 2.33. The van der Waals surface area contributed by atoms with Gasteiger partial charge in [-0.25, -0.2) is 0 Å². The first kappa shape index (κ1) is 13.4. The van der Waals surface area contributed by atoms with Gasteiger partial charge >= 0.3 is 0 Å². The van der Waals surface area contributed by atoms with Gasteiger partial charge in [-0.3, -0.25) is 0 Å². The van der Waals surface area contributed by atoms with Crippen molar-refractivity contribution in [2.45, 2.75) is 19.9 Å². The topological polar surface area (TPSA) is 26.0 Å². The molecule has 0 fully saturated rings. The monoisotopic (exact) mass is 279 g/mol. The van der Waals surface area contributed by atoms with Crippen LogP contribution < -0.4 is 5.73 Å². The van der Waals surface area contributed by atoms with Crippen LogP contribution in [0, 0.1) is 6.92 Å². The smallest absolute Gasteiger partial charge is 0.0484 e. The van der Waals surface area contributed by atoms with Gasteiger partial charge < -0.3 is 5.73 Å². The summed E-state index contributed by atoms with van der Waals surface area (Å²) >= 11 is 12.4. The van der Waals surface area contributed by atoms with E-state index >= 15 is 0 Å². The van der Waals surface area contributed by atoms with Gasteiger partial charge in [0.1, 0.15) is 0 Å². The molecule has 1 atom stereocenters. The van der Waals surface area contributed by atoms with Crippen molar-refractivity contribution in [1.29, 1.82) is 0 Å². The third kappa shape index (κ3) is 2.54. The molecule has 0 saturated carbocycles. The van der Waals surface area contributed by atoms with Crippen LogP contribution in [0.1, 0.15) is 24.1 Å². The van der Waals surface area contributed by atoms with Gasteiger partial charge in [-0.15, -0.1) is 0 Å². The Morgan fingerprint density at radius 3 is 2.39 bits per heavy atom. The maximum atomic E-state index is 6.28. The fourth-order valence-electron chi connectivity index (χ4n) is 1.93. The van der Waals surface area contributed by atoms with Gasteiger partial charge in [0.25, 0.3) is 0 Å². The van der Waals surface area contributed by atoms with Crippen LogP contribution in [-0.2, 0) is 0 Å². The lowest BCUT2D eigenvalue weighted by Gasteiger charge is -2.13. The zero-order valence-electron chi connectivity index (χ0n) is 10.4. The molecule has 94 valence electrons. The van der Waals surface area contributed by atoms with E-state index in [1.165, 1.54) is 0 Å². The second kappa shape index (κ2) is 5.31. The third-order valence-electron chi connectivity index (χ3n) is 3.07. The molecular formula is C15H15Cl2N. The van der Waals surface area contributed by atoms with E-state index in [9.17, 15) is 0 Å². The van der Waals surface area contributed by atoms with Crippen molar-refractivity contribution in [2.75, 3.05) is 0 Å². The molecule has 0 spiro atoms. The van der Waals surface area contributed by atoms with Gasteiger partial charge in [-0.2, -0.15) is 0 Å². The van der Waals surface area contributed by atoms with Crippen molar-refractivity contribution in [3.05, 3.63) is 57.6 Å². The Bertz CT molecular complexity index is 577. The molecule has 0 aliphatic rings. The van der Waals surface area contributed by atoms with Gasteiger partial charge in [0.05, 0.1) is 0 Å². The number of rotatable bonds is 2. The van der Waals surface area contributed by atoms with Crippen LogP contribution in [0.15, 0.2) is 36.4 Å². The molecule has 0 saturated heterocycles. The normalized spacial score (nSPS) is 12.5. The molecule has 1 nitrogen and oxygen atoms in total. The van der Waals surface area contributed by atoms with Crippen molar-refractivity contribution in [2.24, 2.45) is 5.73 Å². The molecule has 0 amide bonds. The van der Waals surface area contributed by atoms with Crippen molar-refractivity contribution in [1.82, 2.24) is 0 Å². The minimum Gasteiger partial charge on any atom is -0.324 e. The molecule has 3 heteroatoms. The molecule has 0 aliphatic heterocycles. The minimum absolute atomic E-state index is 0.0134. The molecule has 2 aromatic rings. The van der Waals surface area contributed by atoms with Crippen LogP contribution in [0.2, 0.25) is 10.0 Å². The Balaban J connectivity index is 2.63. The number of halogens is 2. The van der Waals surface area contributed by atoms with E-state index in [2.05, 4.69) is 0 Å². The fraction of sp³-hybridized carbons (Fsp3) is 0.200. The van der Waals surface area contributed by atoms with E-state index in [1.807, 2.05) is 50.2 Å². The first-order valence-electron chi connectivity index (χ1n) is 5.81. The molecule has 0 bridgehead atoms. The van der Waals surface area contributed by atoms with E-state index < -0.39 is 0 Å². The summed E-state index contributed by atoms with van der Waals surface area (Å²) in [6, 6.07) is 11.7. The Kier molecular flexibility index (Phi) is 3.96. The quantitative estimate of drug-likeness (QED) is 0.824. The van der Waals surface area contributed by atoms with Gasteiger partial charge in [0.15, 0.2) is 0 Å². The highest BCUT2D eigenvalue weighted by molar-refractivity contribution is 6.34. The predicted molar refractivity (Wildman–Crippen MR) is 79.2 cm³/mol. The largest absolute Gasteiger partial charge is 0.324 e. The summed E-state index contributed by atoms with van der Waals surface area (Å²) in [5.41, 5.74) is 10.0. The number of hydrogen-bond donors (Lipinski definition) is 1. The minimum atomic E-state index is -0.0134. The molecule has 0 aromatic heterocycles. The summed E-state index contributed by atoms with van der Waals surface area (Å²) in [5.74, 6) is 0. The summed E-state index contributed by atoms with van der Waals surface area (Å²) in [7, 11) is 0. The summed E-state index contributed by atoms with van der Waals surface area (Å²) in [4.78, 5) is 0. The Labute approximate surface area is 118 Å². The third-order valence-corrected chi connectivity index (χ3v) is 3.81. The van der Waals surface area contributed by atoms with Crippen molar-refractivity contribution < 1.29 is 0 Å². The molecule has 2 rings (SSSR count). The molecule has 0 heterocycles. The number of nitrogens with two attached hydrogens (primary N) is 1. The van der Waals surface area contributed by atoms with Crippen LogP contribution in [0.25, 0.3) is 11.1 Å². The zero-order valence-corrected chi connectivity index (χ0v) is 11.9. The Morgan fingerprint density at radius 2 is 1.72 bits per heavy atom. The lowest BCUT2D eigenvalue weighted by molar-refractivity contribution is 0.819. The molecule has 2 aromatic carbocycles. The lowest BCUT2D eigenvalue weighted by atomic mass is 9.97. The van der Waals surface area contributed by atoms with Crippen LogP contribution >= 0.6 is 23.2 Å². The summed E-state index contributed by atoms with van der Waals surface area (Å²) in [6.07, 6.45) is 0. The van der Waals surface area contributed by atoms with Crippen molar-refractivity contribution >= 4 is 23.2 Å². The van der Waals surface area contributed by atoms with Gasteiger partial charge in [-0.05, 0) is 48.7 Å². The van der Waals surface area contributed by atoms with E-state index in [0.717, 1.165) is 27.3 Å². The Morgan fingerprint density at radius 1 is 1.00 bits per heavy atom. The molecular weight excluding hydrogens is 265 g/mol. The van der Waals surface area contributed by atoms with E-state index in [4.69, 9.17) is 28.9 Å². The van der Waals surface area contributed by atoms with Crippen LogP contribution in [-0.4, -0.2) is 0 Å². The van der Waals surface area contributed by atoms with Crippen LogP contribution in [0.3, 0.4) is 0 Å². The second-order valence-electron chi connectivity index (χ2n) is 4.44. The van der Waals surface area contributed by atoms with Gasteiger partial charge in [-0.1, -0.05) is 41.4 Å². The van der Waals surface area contributed by atoms with Crippen LogP contribution in [0.5, 0.6) is 0 Å². The van der Waals surface area contributed by atoms with Gasteiger partial charge in [0, 0.05) is 21.7 Å². The average molecular weight is 280 g/mol. The van der Waals surface area contributed by atoms with Crippen molar-refractivity contribution in [3.8, 4) is 11.1 Å². The predicted octanol–water partition coefficient (Wildman–Crippen LogP) is 4.99. The molecule has 2 N–H and O–H groups in total. The van der Waals surface area contributed by atoms with E-state index in [0.29, 0.717) is 5.02 Å². The maximum absolute atomic E-state index is 6.28. The summed E-state index contributed by atoms with van der Waals surface area (Å²) in [6.45, 7) is 3.95. The number of hydrogen-bond acceptors (Lipinski definition) is 1. The molecule has 0 aliphatic carbocycles. The molecule has 18 heavy (non-hydrogen) atoms. The summed E-state index contributed by atoms with van der Waals surface area (Å²) in [5, 5.41) is 1.46. The zero-order chi connectivity index (χ0) is 13.3. The van der Waals surface area contributed by atoms with Crippen molar-refractivity contribution in [3.63, 3.8) is 0 Å². The first-order chi connectivity index (χ1) is 8.50. The van der Waals surface area contributed by atoms with E-state index in [1.54, 1.807) is 0 Å². The highest BCUT2D eigenvalue weighted by Gasteiger charge is 2.10. The Hall–Kier alpha value is -1.02. The molecule has 1 unspecified atom stereocenters. The SMILES string of the molecule is Cc1c(Cl)cccc1-c1cc(C(C)N)ccc1Cl. The summed E-state index contributed by atoms with van der Waals surface area (Å²) < 4.78 is 0. The van der Waals surface area contributed by atoms with Gasteiger partial charge in [0.2, 0.25) is 0 Å². The second-order valence-corrected chi connectivity index (χ2v) is 5.25. The first-order valence-corrected chi connectivity index (χ1v) is 6.57. The maximum Gasteiger partial charge on any atom is 0.0484 e. The van der Waals surface area contributed by atoms with Crippen LogP contribution in [0.4, 0.5) is 0 Å². The standard InChI is InChI=1S/C15H15Cl2N/c1-9-12(4-3-5-14(9)16)13-8-11(10(2)18)6-7-15(13)17/h3-8,10H,18H2,1-2H3. The average Bonchev–Trinajstić information content (AvgIpc) is 2.33. The highest BCUT2D eigenvalue weighted by Crippen LogP contribution is 2.34. The number of benzene rings is 2.